The van der Waals surface area contributed by atoms with Gasteiger partial charge in [0.15, 0.2) is 0 Å². The number of amides is 1. The quantitative estimate of drug-likeness (QED) is 0.583. The monoisotopic (exact) mass is 450 g/mol. The fourth-order valence-corrected chi connectivity index (χ4v) is 4.65. The Morgan fingerprint density at radius 1 is 0.906 bits per heavy atom. The molecule has 0 bridgehead atoms. The van der Waals surface area contributed by atoms with Gasteiger partial charge in [-0.15, -0.1) is 0 Å². The average molecular weight is 451 g/mol. The highest BCUT2D eigenvalue weighted by Gasteiger charge is 2.16. The molecule has 0 unspecified atom stereocenters. The second kappa shape index (κ2) is 9.00. The molecule has 32 heavy (non-hydrogen) atoms. The van der Waals surface area contributed by atoms with Crippen LogP contribution in [-0.4, -0.2) is 32.4 Å². The molecule has 1 aliphatic rings. The van der Waals surface area contributed by atoms with E-state index in [1.54, 1.807) is 18.3 Å². The fourth-order valence-electron chi connectivity index (χ4n) is 3.60. The second-order valence-corrected chi connectivity index (χ2v) is 9.66. The predicted octanol–water partition coefficient (Wildman–Crippen LogP) is 4.35. The molecule has 1 amide bonds. The molecule has 4 rings (SSSR count). The van der Waals surface area contributed by atoms with Crippen molar-refractivity contribution in [3.63, 3.8) is 0 Å². The number of anilines is 3. The number of pyridine rings is 1. The zero-order chi connectivity index (χ0) is 22.7. The molecule has 1 aliphatic heterocycles. The summed E-state index contributed by atoms with van der Waals surface area (Å²) in [5, 5.41) is 2.80. The minimum Gasteiger partial charge on any atom is -0.357 e. The number of carbonyl (C=O) groups excluding carboxylic acids is 1. The number of carbonyl (C=O) groups is 1. The van der Waals surface area contributed by atoms with Gasteiger partial charge in [0.05, 0.1) is 16.8 Å². The van der Waals surface area contributed by atoms with E-state index in [0.717, 1.165) is 30.0 Å². The summed E-state index contributed by atoms with van der Waals surface area (Å²) in [6.07, 6.45) is 3.98. The standard InChI is InChI=1S/C24H26N4O3S/c1-17-5-8-20(15-18(17)2)27-32(30,31)22-10-6-19(7-11-22)24(29)26-21-9-12-23(25-16-21)28-13-3-4-14-28/h5-12,15-16,27H,3-4,13-14H2,1-2H3,(H,26,29). The van der Waals surface area contributed by atoms with Crippen molar-refractivity contribution in [2.45, 2.75) is 31.6 Å². The van der Waals surface area contributed by atoms with E-state index >= 15 is 0 Å². The number of hydrogen-bond donors (Lipinski definition) is 2. The van der Waals surface area contributed by atoms with Crippen LogP contribution in [0.1, 0.15) is 34.3 Å². The largest absolute Gasteiger partial charge is 0.357 e. The molecule has 2 aromatic carbocycles. The third-order valence-electron chi connectivity index (χ3n) is 5.62. The summed E-state index contributed by atoms with van der Waals surface area (Å²) in [6, 6.07) is 14.9. The molecule has 1 saturated heterocycles. The molecular formula is C24H26N4O3S. The van der Waals surface area contributed by atoms with Crippen molar-refractivity contribution in [2.24, 2.45) is 0 Å². The van der Waals surface area contributed by atoms with E-state index in [0.29, 0.717) is 16.9 Å². The second-order valence-electron chi connectivity index (χ2n) is 7.98. The number of aromatic nitrogens is 1. The Hall–Kier alpha value is -3.39. The maximum Gasteiger partial charge on any atom is 0.261 e. The minimum atomic E-state index is -3.75. The predicted molar refractivity (Wildman–Crippen MR) is 127 cm³/mol. The fraction of sp³-hybridized carbons (Fsp3) is 0.250. The van der Waals surface area contributed by atoms with Crippen LogP contribution in [0.4, 0.5) is 17.2 Å². The molecule has 1 fully saturated rings. The average Bonchev–Trinajstić information content (AvgIpc) is 3.32. The molecule has 1 aromatic heterocycles. The third kappa shape index (κ3) is 4.91. The van der Waals surface area contributed by atoms with Gasteiger partial charge in [-0.25, -0.2) is 13.4 Å². The Morgan fingerprint density at radius 3 is 2.22 bits per heavy atom. The maximum atomic E-state index is 12.7. The zero-order valence-electron chi connectivity index (χ0n) is 18.1. The Morgan fingerprint density at radius 2 is 1.59 bits per heavy atom. The van der Waals surface area contributed by atoms with Gasteiger partial charge in [-0.05, 0) is 86.3 Å². The van der Waals surface area contributed by atoms with Crippen molar-refractivity contribution in [3.05, 3.63) is 77.5 Å². The number of sulfonamides is 1. The maximum absolute atomic E-state index is 12.7. The van der Waals surface area contributed by atoms with Crippen LogP contribution >= 0.6 is 0 Å². The van der Waals surface area contributed by atoms with Gasteiger partial charge in [0.25, 0.3) is 15.9 Å². The van der Waals surface area contributed by atoms with Crippen molar-refractivity contribution < 1.29 is 13.2 Å². The molecule has 3 aromatic rings. The van der Waals surface area contributed by atoms with Crippen LogP contribution < -0.4 is 14.9 Å². The highest BCUT2D eigenvalue weighted by molar-refractivity contribution is 7.92. The molecule has 0 radical (unpaired) electrons. The summed E-state index contributed by atoms with van der Waals surface area (Å²) >= 11 is 0. The number of nitrogens with zero attached hydrogens (tertiary/aromatic N) is 2. The molecule has 0 atom stereocenters. The van der Waals surface area contributed by atoms with Gasteiger partial charge >= 0.3 is 0 Å². The van der Waals surface area contributed by atoms with Crippen LogP contribution in [0, 0.1) is 13.8 Å². The Balaban J connectivity index is 1.42. The van der Waals surface area contributed by atoms with Crippen LogP contribution in [0.2, 0.25) is 0 Å². The highest BCUT2D eigenvalue weighted by Crippen LogP contribution is 2.21. The van der Waals surface area contributed by atoms with Gasteiger partial charge in [0, 0.05) is 24.3 Å². The van der Waals surface area contributed by atoms with E-state index in [9.17, 15) is 13.2 Å². The summed E-state index contributed by atoms with van der Waals surface area (Å²) in [5.74, 6) is 0.582. The van der Waals surface area contributed by atoms with Crippen LogP contribution in [0.15, 0.2) is 65.7 Å². The smallest absolute Gasteiger partial charge is 0.261 e. The summed E-state index contributed by atoms with van der Waals surface area (Å²) in [6.45, 7) is 5.91. The van der Waals surface area contributed by atoms with Crippen molar-refractivity contribution in [3.8, 4) is 0 Å². The molecule has 8 heteroatoms. The lowest BCUT2D eigenvalue weighted by atomic mass is 10.1. The lowest BCUT2D eigenvalue weighted by molar-refractivity contribution is 0.102. The van der Waals surface area contributed by atoms with Crippen molar-refractivity contribution in [2.75, 3.05) is 28.0 Å². The van der Waals surface area contributed by atoms with Gasteiger partial charge < -0.3 is 10.2 Å². The Bertz CT molecular complexity index is 1220. The molecule has 2 heterocycles. The number of rotatable bonds is 6. The number of hydrogen-bond acceptors (Lipinski definition) is 5. The van der Waals surface area contributed by atoms with Crippen molar-refractivity contribution in [1.82, 2.24) is 4.98 Å². The van der Waals surface area contributed by atoms with Crippen LogP contribution in [0.3, 0.4) is 0 Å². The summed E-state index contributed by atoms with van der Waals surface area (Å²) in [7, 11) is -3.75. The lowest BCUT2D eigenvalue weighted by Gasteiger charge is -2.16. The molecule has 0 saturated carbocycles. The van der Waals surface area contributed by atoms with E-state index in [4.69, 9.17) is 0 Å². The first-order valence-electron chi connectivity index (χ1n) is 10.5. The van der Waals surface area contributed by atoms with Gasteiger partial charge in [-0.3, -0.25) is 9.52 Å². The lowest BCUT2D eigenvalue weighted by Crippen LogP contribution is -2.19. The third-order valence-corrected chi connectivity index (χ3v) is 7.02. The number of benzene rings is 2. The van der Waals surface area contributed by atoms with Crippen LogP contribution in [-0.2, 0) is 10.0 Å². The first kappa shape index (κ1) is 21.8. The number of nitrogens with one attached hydrogen (secondary N) is 2. The van der Waals surface area contributed by atoms with Crippen LogP contribution in [0.25, 0.3) is 0 Å². The summed E-state index contributed by atoms with van der Waals surface area (Å²) in [4.78, 5) is 19.3. The Labute approximate surface area is 188 Å². The van der Waals surface area contributed by atoms with Gasteiger partial charge in [0.1, 0.15) is 5.82 Å². The molecule has 0 aliphatic carbocycles. The zero-order valence-corrected chi connectivity index (χ0v) is 18.9. The molecule has 0 spiro atoms. The van der Waals surface area contributed by atoms with E-state index in [-0.39, 0.29) is 10.8 Å². The number of aryl methyl sites for hydroxylation is 2. The van der Waals surface area contributed by atoms with Gasteiger partial charge in [-0.1, -0.05) is 6.07 Å². The molecule has 7 nitrogen and oxygen atoms in total. The first-order chi connectivity index (χ1) is 15.3. The van der Waals surface area contributed by atoms with Crippen molar-refractivity contribution >= 4 is 33.1 Å². The first-order valence-corrected chi connectivity index (χ1v) is 12.0. The highest BCUT2D eigenvalue weighted by atomic mass is 32.2. The van der Waals surface area contributed by atoms with E-state index < -0.39 is 10.0 Å². The summed E-state index contributed by atoms with van der Waals surface area (Å²) < 4.78 is 28.0. The normalized spacial score (nSPS) is 13.8. The van der Waals surface area contributed by atoms with Gasteiger partial charge in [-0.2, -0.15) is 0 Å². The summed E-state index contributed by atoms with van der Waals surface area (Å²) in [5.41, 5.74) is 3.54. The molecule has 2 N–H and O–H groups in total. The molecule has 166 valence electrons. The Kier molecular flexibility index (Phi) is 6.14. The van der Waals surface area contributed by atoms with Crippen LogP contribution in [0.5, 0.6) is 0 Å². The minimum absolute atomic E-state index is 0.0870. The van der Waals surface area contributed by atoms with E-state index in [2.05, 4.69) is 19.9 Å². The van der Waals surface area contributed by atoms with E-state index in [1.165, 1.54) is 37.1 Å². The molecular weight excluding hydrogens is 424 g/mol. The van der Waals surface area contributed by atoms with Gasteiger partial charge in [0.2, 0.25) is 0 Å². The topological polar surface area (TPSA) is 91.4 Å². The van der Waals surface area contributed by atoms with Crippen molar-refractivity contribution in [1.29, 1.82) is 0 Å². The van der Waals surface area contributed by atoms with E-state index in [1.807, 2.05) is 32.0 Å². The SMILES string of the molecule is Cc1ccc(NS(=O)(=O)c2ccc(C(=O)Nc3ccc(N4CCCC4)nc3)cc2)cc1C.